The van der Waals surface area contributed by atoms with Crippen molar-refractivity contribution in [1.29, 1.82) is 0 Å². The number of rotatable bonds is 8. The van der Waals surface area contributed by atoms with E-state index in [0.717, 1.165) is 39.8 Å². The highest BCUT2D eigenvalue weighted by atomic mass is 32.2. The first-order valence-corrected chi connectivity index (χ1v) is 10.9. The van der Waals surface area contributed by atoms with Gasteiger partial charge < -0.3 is 10.3 Å². The third-order valence-electron chi connectivity index (χ3n) is 5.19. The molecule has 0 aliphatic rings. The molecule has 0 spiro atoms. The topological polar surface area (TPSA) is 99.3 Å². The molecule has 0 aliphatic carbocycles. The van der Waals surface area contributed by atoms with E-state index < -0.39 is 0 Å². The molecule has 2 aromatic carbocycles. The van der Waals surface area contributed by atoms with Gasteiger partial charge in [-0.25, -0.2) is 9.97 Å². The Hall–Kier alpha value is -3.13. The van der Waals surface area contributed by atoms with E-state index in [-0.39, 0.29) is 17.9 Å². The van der Waals surface area contributed by atoms with Crippen molar-refractivity contribution in [2.75, 3.05) is 0 Å². The Morgan fingerprint density at radius 1 is 1.17 bits per heavy atom. The van der Waals surface area contributed by atoms with E-state index in [4.69, 9.17) is 4.98 Å². The number of thioether (sulfide) groups is 1. The molecule has 3 N–H and O–H groups in total. The summed E-state index contributed by atoms with van der Waals surface area (Å²) in [4.78, 5) is 25.1. The lowest BCUT2D eigenvalue weighted by Gasteiger charge is -2.22. The lowest BCUT2D eigenvalue weighted by atomic mass is 9.98. The third-order valence-corrected chi connectivity index (χ3v) is 6.13. The number of nitrogens with one attached hydrogen (secondary N) is 3. The van der Waals surface area contributed by atoms with Crippen LogP contribution in [0.2, 0.25) is 0 Å². The summed E-state index contributed by atoms with van der Waals surface area (Å²) in [5.74, 6) is 1.69. The molecule has 30 heavy (non-hydrogen) atoms. The van der Waals surface area contributed by atoms with Gasteiger partial charge in [0, 0.05) is 11.3 Å². The molecule has 0 bridgehead atoms. The van der Waals surface area contributed by atoms with Gasteiger partial charge in [-0.05, 0) is 35.7 Å². The predicted molar refractivity (Wildman–Crippen MR) is 118 cm³/mol. The Bertz CT molecular complexity index is 1070. The average molecular weight is 421 g/mol. The standard InChI is InChI=1S/C22H24N6OS/c1-3-14(2)19(20-25-17-6-4-5-7-18(17)26-20)27-21(29)16-10-8-15(9-11-16)12-30-22-23-13-24-28-22/h4-11,13-14,19H,3,12H2,1-2H3,(H,25,26)(H,27,29)(H,23,24,28). The van der Waals surface area contributed by atoms with Crippen molar-refractivity contribution in [1.82, 2.24) is 30.5 Å². The minimum atomic E-state index is -0.184. The van der Waals surface area contributed by atoms with Gasteiger partial charge in [-0.3, -0.25) is 9.89 Å². The molecule has 8 heteroatoms. The number of aromatic amines is 2. The molecule has 154 valence electrons. The van der Waals surface area contributed by atoms with E-state index in [9.17, 15) is 4.79 Å². The van der Waals surface area contributed by atoms with E-state index in [1.165, 1.54) is 6.33 Å². The fraction of sp³-hybridized carbons (Fsp3) is 0.273. The number of hydrogen-bond donors (Lipinski definition) is 3. The second-order valence-corrected chi connectivity index (χ2v) is 8.22. The minimum absolute atomic E-state index is 0.102. The lowest BCUT2D eigenvalue weighted by molar-refractivity contribution is 0.0920. The Morgan fingerprint density at radius 3 is 2.67 bits per heavy atom. The number of fused-ring (bicyclic) bond motifs is 1. The van der Waals surface area contributed by atoms with Crippen LogP contribution in [-0.4, -0.2) is 31.1 Å². The average Bonchev–Trinajstić information content (AvgIpc) is 3.45. The molecule has 1 amide bonds. The second-order valence-electron chi connectivity index (χ2n) is 7.25. The van der Waals surface area contributed by atoms with Crippen LogP contribution < -0.4 is 5.32 Å². The molecule has 2 unspecified atom stereocenters. The van der Waals surface area contributed by atoms with E-state index in [2.05, 4.69) is 39.3 Å². The van der Waals surface area contributed by atoms with Crippen LogP contribution in [0.25, 0.3) is 11.0 Å². The van der Waals surface area contributed by atoms with E-state index in [1.54, 1.807) is 11.8 Å². The number of amides is 1. The van der Waals surface area contributed by atoms with E-state index in [1.807, 2.05) is 48.5 Å². The Balaban J connectivity index is 1.46. The minimum Gasteiger partial charge on any atom is -0.342 e. The Labute approximate surface area is 179 Å². The number of imidazole rings is 1. The molecule has 7 nitrogen and oxygen atoms in total. The molecular weight excluding hydrogens is 396 g/mol. The first kappa shape index (κ1) is 20.2. The monoisotopic (exact) mass is 420 g/mol. The summed E-state index contributed by atoms with van der Waals surface area (Å²) in [5.41, 5.74) is 3.63. The van der Waals surface area contributed by atoms with Crippen molar-refractivity contribution in [3.05, 3.63) is 71.8 Å². The number of carbonyl (C=O) groups is 1. The molecular formula is C22H24N6OS. The zero-order chi connectivity index (χ0) is 20.9. The summed E-state index contributed by atoms with van der Waals surface area (Å²) in [6.45, 7) is 4.25. The molecule has 0 saturated carbocycles. The maximum absolute atomic E-state index is 12.9. The summed E-state index contributed by atoms with van der Waals surface area (Å²) in [5, 5.41) is 10.6. The highest BCUT2D eigenvalue weighted by Gasteiger charge is 2.24. The number of nitrogens with zero attached hydrogens (tertiary/aromatic N) is 3. The summed E-state index contributed by atoms with van der Waals surface area (Å²) in [7, 11) is 0. The lowest BCUT2D eigenvalue weighted by Crippen LogP contribution is -2.33. The Morgan fingerprint density at radius 2 is 1.97 bits per heavy atom. The van der Waals surface area contributed by atoms with Gasteiger partial charge in [-0.2, -0.15) is 5.10 Å². The van der Waals surface area contributed by atoms with Crippen LogP contribution in [0.1, 0.15) is 48.1 Å². The van der Waals surface area contributed by atoms with Gasteiger partial charge in [-0.15, -0.1) is 0 Å². The van der Waals surface area contributed by atoms with Crippen molar-refractivity contribution in [2.45, 2.75) is 37.2 Å². The van der Waals surface area contributed by atoms with Gasteiger partial charge in [0.25, 0.3) is 5.91 Å². The van der Waals surface area contributed by atoms with Gasteiger partial charge in [0.2, 0.25) is 0 Å². The van der Waals surface area contributed by atoms with Gasteiger partial charge in [0.05, 0.1) is 17.1 Å². The van der Waals surface area contributed by atoms with Crippen LogP contribution in [0.5, 0.6) is 0 Å². The van der Waals surface area contributed by atoms with Crippen LogP contribution in [0.4, 0.5) is 0 Å². The largest absolute Gasteiger partial charge is 0.342 e. The zero-order valence-corrected chi connectivity index (χ0v) is 17.7. The van der Waals surface area contributed by atoms with Crippen molar-refractivity contribution in [3.63, 3.8) is 0 Å². The molecule has 0 radical (unpaired) electrons. The van der Waals surface area contributed by atoms with Gasteiger partial charge in [0.1, 0.15) is 12.2 Å². The molecule has 2 aromatic heterocycles. The van der Waals surface area contributed by atoms with Gasteiger partial charge in [0.15, 0.2) is 5.16 Å². The van der Waals surface area contributed by atoms with Crippen LogP contribution in [0.15, 0.2) is 60.0 Å². The summed E-state index contributed by atoms with van der Waals surface area (Å²) in [6, 6.07) is 15.4. The SMILES string of the molecule is CCC(C)C(NC(=O)c1ccc(CSc2ncn[nH]2)cc1)c1nc2ccccc2[nH]1. The number of H-pyrrole nitrogens is 2. The fourth-order valence-electron chi connectivity index (χ4n) is 3.23. The molecule has 4 rings (SSSR count). The van der Waals surface area contributed by atoms with E-state index >= 15 is 0 Å². The predicted octanol–water partition coefficient (Wildman–Crippen LogP) is 4.49. The number of para-hydroxylation sites is 2. The van der Waals surface area contributed by atoms with Crippen molar-refractivity contribution < 1.29 is 4.79 Å². The molecule has 4 aromatic rings. The van der Waals surface area contributed by atoms with Crippen molar-refractivity contribution in [2.24, 2.45) is 5.92 Å². The highest BCUT2D eigenvalue weighted by Crippen LogP contribution is 2.25. The summed E-state index contributed by atoms with van der Waals surface area (Å²) >= 11 is 1.57. The fourth-order valence-corrected chi connectivity index (χ4v) is 3.96. The van der Waals surface area contributed by atoms with Crippen LogP contribution in [0.3, 0.4) is 0 Å². The first-order chi connectivity index (χ1) is 14.6. The smallest absolute Gasteiger partial charge is 0.251 e. The maximum atomic E-state index is 12.9. The third kappa shape index (κ3) is 4.54. The number of aromatic nitrogens is 5. The van der Waals surface area contributed by atoms with Crippen LogP contribution >= 0.6 is 11.8 Å². The molecule has 0 aliphatic heterocycles. The van der Waals surface area contributed by atoms with Crippen molar-refractivity contribution in [3.8, 4) is 0 Å². The van der Waals surface area contributed by atoms with Crippen molar-refractivity contribution >= 4 is 28.7 Å². The second kappa shape index (κ2) is 9.13. The first-order valence-electron chi connectivity index (χ1n) is 9.96. The number of carbonyl (C=O) groups excluding carboxylic acids is 1. The number of hydrogen-bond acceptors (Lipinski definition) is 5. The zero-order valence-electron chi connectivity index (χ0n) is 16.9. The summed E-state index contributed by atoms with van der Waals surface area (Å²) in [6.07, 6.45) is 2.42. The maximum Gasteiger partial charge on any atom is 0.251 e. The quantitative estimate of drug-likeness (QED) is 0.365. The Kier molecular flexibility index (Phi) is 6.13. The van der Waals surface area contributed by atoms with Gasteiger partial charge >= 0.3 is 0 Å². The summed E-state index contributed by atoms with van der Waals surface area (Å²) < 4.78 is 0. The highest BCUT2D eigenvalue weighted by molar-refractivity contribution is 7.98. The normalized spacial score (nSPS) is 13.3. The van der Waals surface area contributed by atoms with Gasteiger partial charge in [-0.1, -0.05) is 56.3 Å². The molecule has 0 fully saturated rings. The molecule has 2 heterocycles. The number of benzene rings is 2. The molecule has 0 saturated heterocycles. The van der Waals surface area contributed by atoms with E-state index in [0.29, 0.717) is 5.56 Å². The molecule has 2 atom stereocenters. The van der Waals surface area contributed by atoms with Crippen LogP contribution in [0, 0.1) is 5.92 Å². The van der Waals surface area contributed by atoms with Crippen LogP contribution in [-0.2, 0) is 5.75 Å².